The number of phenolic OH excluding ortho intramolecular Hbond substituents is 1. The van der Waals surface area contributed by atoms with Crippen molar-refractivity contribution in [1.29, 1.82) is 0 Å². The molecule has 320 valence electrons. The molecule has 4 aromatic heterocycles. The number of rotatable bonds is 9. The number of ether oxygens (including phenoxy) is 1. The molecule has 0 aliphatic carbocycles. The van der Waals surface area contributed by atoms with Gasteiger partial charge >= 0.3 is 0 Å². The number of hydrogen-bond acceptors (Lipinski definition) is 17. The molecular formula is C41H43FN8O7S4. The quantitative estimate of drug-likeness (QED) is 0.106. The SMILES string of the molecule is CC(C)(C)S(=O)(=O)c1cc2c(Nc3ccc4scnc4c3)ncnc2cc1O.CC(C)(C)S(=O)(=O)c1cc2c(Nc3ccc4scnc4c3)ncnc2cc1OCCO.[2H]CF. The number of aliphatic hydroxyl groups is 1. The summed E-state index contributed by atoms with van der Waals surface area (Å²) in [6.45, 7) is 9.41. The van der Waals surface area contributed by atoms with Crippen molar-refractivity contribution < 1.29 is 37.5 Å². The Balaban J connectivity index is 0.000000195. The van der Waals surface area contributed by atoms with Crippen LogP contribution in [0.15, 0.2) is 94.1 Å². The van der Waals surface area contributed by atoms with Crippen molar-refractivity contribution in [2.45, 2.75) is 60.8 Å². The van der Waals surface area contributed by atoms with E-state index in [0.29, 0.717) is 33.4 Å². The topological polar surface area (TPSA) is 219 Å². The first kappa shape index (κ1) is 43.4. The molecule has 0 atom stereocenters. The second kappa shape index (κ2) is 17.7. The predicted molar refractivity (Wildman–Crippen MR) is 240 cm³/mol. The molecule has 0 amide bonds. The van der Waals surface area contributed by atoms with E-state index in [1.807, 2.05) is 36.4 Å². The molecule has 4 aromatic carbocycles. The van der Waals surface area contributed by atoms with Gasteiger partial charge in [-0.05, 0) is 90.1 Å². The van der Waals surface area contributed by atoms with Gasteiger partial charge < -0.3 is 25.6 Å². The van der Waals surface area contributed by atoms with Crippen molar-refractivity contribution in [3.8, 4) is 11.5 Å². The zero-order chi connectivity index (χ0) is 45.0. The second-order valence-corrected chi connectivity index (χ2v) is 22.3. The van der Waals surface area contributed by atoms with Crippen molar-refractivity contribution in [1.82, 2.24) is 29.9 Å². The summed E-state index contributed by atoms with van der Waals surface area (Å²) in [5, 5.41) is 27.0. The van der Waals surface area contributed by atoms with E-state index in [1.54, 1.807) is 81.3 Å². The summed E-state index contributed by atoms with van der Waals surface area (Å²) >= 11 is 3.11. The highest BCUT2D eigenvalue weighted by Crippen LogP contribution is 2.39. The molecule has 0 fully saturated rings. The number of fused-ring (bicyclic) bond motifs is 4. The zero-order valence-electron chi connectivity index (χ0n) is 34.8. The number of halogens is 1. The lowest BCUT2D eigenvalue weighted by atomic mass is 10.2. The number of alkyl halides is 1. The van der Waals surface area contributed by atoms with Crippen LogP contribution in [0.2, 0.25) is 0 Å². The lowest BCUT2D eigenvalue weighted by molar-refractivity contribution is 0.198. The van der Waals surface area contributed by atoms with Crippen LogP contribution in [-0.2, 0) is 19.7 Å². The fourth-order valence-corrected chi connectivity index (χ4v) is 9.73. The van der Waals surface area contributed by atoms with Crippen LogP contribution >= 0.6 is 22.7 Å². The third-order valence-corrected chi connectivity index (χ3v) is 15.8. The molecule has 8 aromatic rings. The molecule has 15 nitrogen and oxygen atoms in total. The number of aromatic nitrogens is 6. The fourth-order valence-electron chi connectivity index (χ4n) is 5.83. The van der Waals surface area contributed by atoms with Crippen molar-refractivity contribution in [3.63, 3.8) is 0 Å². The number of aliphatic hydroxyl groups excluding tert-OH is 1. The van der Waals surface area contributed by atoms with Crippen LogP contribution in [0.3, 0.4) is 0 Å². The maximum absolute atomic E-state index is 13.3. The van der Waals surface area contributed by atoms with Gasteiger partial charge in [0.2, 0.25) is 0 Å². The first-order chi connectivity index (χ1) is 29.3. The van der Waals surface area contributed by atoms with Crippen LogP contribution < -0.4 is 15.4 Å². The van der Waals surface area contributed by atoms with Crippen LogP contribution in [0.25, 0.3) is 42.2 Å². The molecule has 0 saturated heterocycles. The number of benzene rings is 4. The minimum Gasteiger partial charge on any atom is -0.507 e. The number of sulfone groups is 2. The summed E-state index contributed by atoms with van der Waals surface area (Å²) in [4.78, 5) is 25.6. The van der Waals surface area contributed by atoms with Crippen molar-refractivity contribution in [2.75, 3.05) is 31.0 Å². The first-order valence-electron chi connectivity index (χ1n) is 19.0. The lowest BCUT2D eigenvalue weighted by Crippen LogP contribution is -2.28. The lowest BCUT2D eigenvalue weighted by Gasteiger charge is -2.22. The third-order valence-electron chi connectivity index (χ3n) is 9.14. The average Bonchev–Trinajstić information content (AvgIpc) is 3.89. The van der Waals surface area contributed by atoms with E-state index in [1.165, 1.54) is 30.9 Å². The van der Waals surface area contributed by atoms with Gasteiger partial charge in [-0.15, -0.1) is 22.7 Å². The van der Waals surface area contributed by atoms with Crippen LogP contribution in [0.1, 0.15) is 42.9 Å². The molecule has 0 aliphatic rings. The number of anilines is 4. The van der Waals surface area contributed by atoms with Gasteiger partial charge in [-0.1, -0.05) is 0 Å². The molecule has 0 unspecified atom stereocenters. The van der Waals surface area contributed by atoms with E-state index < -0.39 is 36.3 Å². The summed E-state index contributed by atoms with van der Waals surface area (Å²) in [5.74, 6) is 0.754. The van der Waals surface area contributed by atoms with Gasteiger partial charge in [-0.3, -0.25) is 4.39 Å². The highest BCUT2D eigenvalue weighted by atomic mass is 32.2. The summed E-state index contributed by atoms with van der Waals surface area (Å²) < 4.78 is 73.4. The first-order valence-corrected chi connectivity index (χ1v) is 23.1. The Labute approximate surface area is 361 Å². The summed E-state index contributed by atoms with van der Waals surface area (Å²) in [6.07, 6.45) is 2.77. The van der Waals surface area contributed by atoms with Gasteiger partial charge in [0.1, 0.15) is 52.2 Å². The number of nitrogens with zero attached hydrogens (tertiary/aromatic N) is 6. The highest BCUT2D eigenvalue weighted by molar-refractivity contribution is 7.93. The molecular weight excluding hydrogens is 864 g/mol. The Bertz CT molecular complexity index is 3120. The third kappa shape index (κ3) is 9.32. The molecule has 0 radical (unpaired) electrons. The smallest absolute Gasteiger partial charge is 0.186 e. The Morgan fingerprint density at radius 1 is 0.672 bits per heavy atom. The van der Waals surface area contributed by atoms with Crippen molar-refractivity contribution in [3.05, 3.63) is 84.3 Å². The molecule has 0 bridgehead atoms. The number of hydrogen-bond donors (Lipinski definition) is 4. The number of phenols is 1. The monoisotopic (exact) mass is 907 g/mol. The number of thiazole rings is 2. The fraction of sp³-hybridized carbons (Fsp3) is 0.268. The van der Waals surface area contributed by atoms with E-state index in [4.69, 9.17) is 11.2 Å². The van der Waals surface area contributed by atoms with Crippen molar-refractivity contribution in [2.24, 2.45) is 0 Å². The van der Waals surface area contributed by atoms with Gasteiger partial charge in [0, 0.05) is 34.3 Å². The maximum atomic E-state index is 13.3. The molecule has 61 heavy (non-hydrogen) atoms. The predicted octanol–water partition coefficient (Wildman–Crippen LogP) is 8.77. The maximum Gasteiger partial charge on any atom is 0.186 e. The summed E-state index contributed by atoms with van der Waals surface area (Å²) in [6, 6.07) is 17.4. The summed E-state index contributed by atoms with van der Waals surface area (Å²) in [7, 11) is -8.49. The standard InChI is InChI=1S/C21H22N4O4S2.C19H18N4O3S2.CH3F/c1-21(2,3)31(27,28)19-9-14-15(10-17(19)29-7-6-26)22-11-23-20(14)25-13-4-5-18-16(8-13)24-12-30-18;1-19(2,3)28(25,26)17-7-12-13(8-15(17)24)20-9-21-18(12)23-11-4-5-16-14(6-11)22-10-27-16;1-2/h4-5,8-12,26H,6-7H2,1-3H3,(H,22,23,25);4-10,24H,1-3H3,(H,20,21,23);1H3/i;;1D. The van der Waals surface area contributed by atoms with Crippen LogP contribution in [0.5, 0.6) is 11.5 Å². The molecule has 0 aliphatic heterocycles. The zero-order valence-corrected chi connectivity index (χ0v) is 37.1. The minimum absolute atomic E-state index is 0.0258. The Kier molecular flexibility index (Phi) is 12.6. The Hall–Kier alpha value is -5.67. The van der Waals surface area contributed by atoms with Gasteiger partial charge in [-0.25, -0.2) is 46.7 Å². The molecule has 4 N–H and O–H groups in total. The van der Waals surface area contributed by atoms with E-state index in [2.05, 4.69) is 40.5 Å². The second-order valence-electron chi connectivity index (χ2n) is 15.2. The number of nitrogens with one attached hydrogen (secondary N) is 2. The van der Waals surface area contributed by atoms with Gasteiger partial charge in [0.05, 0.1) is 67.1 Å². The summed E-state index contributed by atoms with van der Waals surface area (Å²) in [5.41, 5.74) is 7.80. The van der Waals surface area contributed by atoms with E-state index >= 15 is 0 Å². The highest BCUT2D eigenvalue weighted by Gasteiger charge is 2.35. The molecule has 0 spiro atoms. The van der Waals surface area contributed by atoms with Crippen LogP contribution in [-0.4, -0.2) is 86.8 Å². The van der Waals surface area contributed by atoms with Gasteiger partial charge in [-0.2, -0.15) is 0 Å². The van der Waals surface area contributed by atoms with E-state index in [9.17, 15) is 26.3 Å². The van der Waals surface area contributed by atoms with E-state index in [0.717, 1.165) is 31.8 Å². The molecule has 4 heterocycles. The van der Waals surface area contributed by atoms with E-state index in [-0.39, 0.29) is 34.5 Å². The van der Waals surface area contributed by atoms with Crippen molar-refractivity contribution >= 4 is 108 Å². The Morgan fingerprint density at radius 2 is 1.13 bits per heavy atom. The van der Waals surface area contributed by atoms with Gasteiger partial charge in [0.15, 0.2) is 19.7 Å². The average molecular weight is 908 g/mol. The molecule has 20 heteroatoms. The molecule has 8 rings (SSSR count). The Morgan fingerprint density at radius 3 is 1.61 bits per heavy atom. The van der Waals surface area contributed by atoms with Crippen LogP contribution in [0.4, 0.5) is 27.4 Å². The normalized spacial score (nSPS) is 12.4. The van der Waals surface area contributed by atoms with Crippen LogP contribution in [0, 0.1) is 0 Å². The minimum atomic E-state index is -3.75. The van der Waals surface area contributed by atoms with Gasteiger partial charge in [0.25, 0.3) is 0 Å². The molecule has 0 saturated carbocycles. The largest absolute Gasteiger partial charge is 0.507 e. The number of aromatic hydroxyl groups is 1.